The van der Waals surface area contributed by atoms with Crippen LogP contribution in [0.3, 0.4) is 0 Å². The molecule has 0 fully saturated rings. The predicted octanol–water partition coefficient (Wildman–Crippen LogP) is 2.71. The monoisotopic (exact) mass is 288 g/mol. The van der Waals surface area contributed by atoms with Gasteiger partial charge in [0.15, 0.2) is 0 Å². The van der Waals surface area contributed by atoms with E-state index in [1.807, 2.05) is 39.0 Å². The highest BCUT2D eigenvalue weighted by Crippen LogP contribution is 2.17. The Morgan fingerprint density at radius 3 is 2.62 bits per heavy atom. The van der Waals surface area contributed by atoms with Crippen molar-refractivity contribution in [1.29, 1.82) is 0 Å². The van der Waals surface area contributed by atoms with Gasteiger partial charge in [-0.15, -0.1) is 0 Å². The number of benzene rings is 1. The first kappa shape index (κ1) is 15.1. The molecule has 1 aromatic heterocycles. The third kappa shape index (κ3) is 3.62. The van der Waals surface area contributed by atoms with Gasteiger partial charge in [0.05, 0.1) is 0 Å². The molecule has 1 amide bonds. The number of aliphatic carboxylic acids is 1. The molecule has 2 aromatic rings. The Balaban J connectivity index is 2.19. The molecule has 1 atom stereocenters. The maximum absolute atomic E-state index is 12.2. The van der Waals surface area contributed by atoms with Gasteiger partial charge in [-0.1, -0.05) is 25.5 Å². The van der Waals surface area contributed by atoms with Gasteiger partial charge >= 0.3 is 5.97 Å². The summed E-state index contributed by atoms with van der Waals surface area (Å²) >= 11 is 0. The van der Waals surface area contributed by atoms with Crippen molar-refractivity contribution in [3.05, 3.63) is 35.5 Å². The number of aromatic amines is 1. The highest BCUT2D eigenvalue weighted by molar-refractivity contribution is 5.99. The molecule has 0 bridgehead atoms. The van der Waals surface area contributed by atoms with Crippen molar-refractivity contribution in [3.8, 4) is 0 Å². The summed E-state index contributed by atoms with van der Waals surface area (Å²) in [5, 5.41) is 12.7. The molecule has 21 heavy (non-hydrogen) atoms. The summed E-state index contributed by atoms with van der Waals surface area (Å²) < 4.78 is 0. The van der Waals surface area contributed by atoms with E-state index in [0.717, 1.165) is 16.5 Å². The topological polar surface area (TPSA) is 82.2 Å². The SMILES string of the molecule is Cc1ccc2[nH]c(C(=O)NC(CC(C)C)C(=O)O)cc2c1. The lowest BCUT2D eigenvalue weighted by atomic mass is 10.0. The third-order valence-electron chi connectivity index (χ3n) is 3.33. The van der Waals surface area contributed by atoms with Crippen LogP contribution in [0.4, 0.5) is 0 Å². The third-order valence-corrected chi connectivity index (χ3v) is 3.33. The van der Waals surface area contributed by atoms with Crippen LogP contribution in [0.1, 0.15) is 36.3 Å². The molecule has 0 saturated carbocycles. The molecule has 0 aliphatic rings. The number of amides is 1. The Kier molecular flexibility index (Phi) is 4.31. The van der Waals surface area contributed by atoms with Gasteiger partial charge in [0.25, 0.3) is 5.91 Å². The average Bonchev–Trinajstić information content (AvgIpc) is 2.80. The van der Waals surface area contributed by atoms with Gasteiger partial charge in [-0.25, -0.2) is 4.79 Å². The van der Waals surface area contributed by atoms with E-state index < -0.39 is 17.9 Å². The molecule has 3 N–H and O–H groups in total. The normalized spacial score (nSPS) is 12.6. The number of fused-ring (bicyclic) bond motifs is 1. The van der Waals surface area contributed by atoms with Gasteiger partial charge in [0.2, 0.25) is 0 Å². The standard InChI is InChI=1S/C16H20N2O3/c1-9(2)6-14(16(20)21)18-15(19)13-8-11-7-10(3)4-5-12(11)17-13/h4-5,7-9,14,17H,6H2,1-3H3,(H,18,19)(H,20,21). The van der Waals surface area contributed by atoms with Crippen LogP contribution in [-0.4, -0.2) is 28.0 Å². The Morgan fingerprint density at radius 1 is 1.29 bits per heavy atom. The smallest absolute Gasteiger partial charge is 0.326 e. The summed E-state index contributed by atoms with van der Waals surface area (Å²) in [6.45, 7) is 5.83. The minimum absolute atomic E-state index is 0.191. The second-order valence-electron chi connectivity index (χ2n) is 5.77. The van der Waals surface area contributed by atoms with Crippen LogP contribution >= 0.6 is 0 Å². The van der Waals surface area contributed by atoms with Gasteiger partial charge in [0, 0.05) is 10.9 Å². The molecule has 112 valence electrons. The molecular formula is C16H20N2O3. The minimum atomic E-state index is -1.01. The molecule has 1 aromatic carbocycles. The van der Waals surface area contributed by atoms with Crippen LogP contribution in [0, 0.1) is 12.8 Å². The van der Waals surface area contributed by atoms with Crippen LogP contribution in [-0.2, 0) is 4.79 Å². The molecule has 0 saturated heterocycles. The van der Waals surface area contributed by atoms with E-state index in [1.165, 1.54) is 0 Å². The number of hydrogen-bond acceptors (Lipinski definition) is 2. The van der Waals surface area contributed by atoms with E-state index in [0.29, 0.717) is 12.1 Å². The van der Waals surface area contributed by atoms with Crippen LogP contribution in [0.15, 0.2) is 24.3 Å². The van der Waals surface area contributed by atoms with Gasteiger partial charge in [-0.2, -0.15) is 0 Å². The lowest BCUT2D eigenvalue weighted by molar-refractivity contribution is -0.139. The number of carbonyl (C=O) groups is 2. The summed E-state index contributed by atoms with van der Waals surface area (Å²) in [5.74, 6) is -1.21. The van der Waals surface area contributed by atoms with Crippen molar-refractivity contribution in [2.24, 2.45) is 5.92 Å². The summed E-state index contributed by atoms with van der Waals surface area (Å²) in [6, 6.07) is 6.71. The van der Waals surface area contributed by atoms with Gasteiger partial charge < -0.3 is 15.4 Å². The number of aryl methyl sites for hydroxylation is 1. The van der Waals surface area contributed by atoms with Crippen molar-refractivity contribution in [2.45, 2.75) is 33.2 Å². The van der Waals surface area contributed by atoms with Gasteiger partial charge in [-0.3, -0.25) is 4.79 Å². The number of carboxylic acids is 1. The van der Waals surface area contributed by atoms with E-state index in [9.17, 15) is 9.59 Å². The maximum atomic E-state index is 12.2. The highest BCUT2D eigenvalue weighted by Gasteiger charge is 2.22. The molecule has 0 radical (unpaired) electrons. The van der Waals surface area contributed by atoms with Gasteiger partial charge in [-0.05, 0) is 37.5 Å². The lowest BCUT2D eigenvalue weighted by Crippen LogP contribution is -2.41. The largest absolute Gasteiger partial charge is 0.480 e. The number of rotatable bonds is 5. The zero-order valence-electron chi connectivity index (χ0n) is 12.4. The fourth-order valence-electron chi connectivity index (χ4n) is 2.30. The van der Waals surface area contributed by atoms with Crippen molar-refractivity contribution in [1.82, 2.24) is 10.3 Å². The van der Waals surface area contributed by atoms with E-state index in [2.05, 4.69) is 10.3 Å². The fourth-order valence-corrected chi connectivity index (χ4v) is 2.30. The van der Waals surface area contributed by atoms with E-state index in [1.54, 1.807) is 6.07 Å². The molecule has 1 heterocycles. The second kappa shape index (κ2) is 5.99. The van der Waals surface area contributed by atoms with Gasteiger partial charge in [0.1, 0.15) is 11.7 Å². The van der Waals surface area contributed by atoms with E-state index in [4.69, 9.17) is 5.11 Å². The molecule has 0 aliphatic heterocycles. The summed E-state index contributed by atoms with van der Waals surface area (Å²) in [6.07, 6.45) is 0.403. The van der Waals surface area contributed by atoms with Crippen LogP contribution in [0.5, 0.6) is 0 Å². The van der Waals surface area contributed by atoms with Crippen molar-refractivity contribution >= 4 is 22.8 Å². The maximum Gasteiger partial charge on any atom is 0.326 e. The first-order valence-electron chi connectivity index (χ1n) is 7.00. The van der Waals surface area contributed by atoms with Crippen molar-refractivity contribution < 1.29 is 14.7 Å². The van der Waals surface area contributed by atoms with Crippen molar-refractivity contribution in [2.75, 3.05) is 0 Å². The van der Waals surface area contributed by atoms with Crippen LogP contribution < -0.4 is 5.32 Å². The summed E-state index contributed by atoms with van der Waals surface area (Å²) in [7, 11) is 0. The molecule has 1 unspecified atom stereocenters. The molecule has 2 rings (SSSR count). The number of carboxylic acid groups (broad SMARTS) is 1. The molecule has 5 nitrogen and oxygen atoms in total. The quantitative estimate of drug-likeness (QED) is 0.791. The Hall–Kier alpha value is -2.30. The number of H-pyrrole nitrogens is 1. The van der Waals surface area contributed by atoms with Crippen LogP contribution in [0.2, 0.25) is 0 Å². The van der Waals surface area contributed by atoms with E-state index >= 15 is 0 Å². The number of nitrogens with one attached hydrogen (secondary N) is 2. The first-order chi connectivity index (χ1) is 9.86. The lowest BCUT2D eigenvalue weighted by Gasteiger charge is -2.15. The highest BCUT2D eigenvalue weighted by atomic mass is 16.4. The molecule has 0 aliphatic carbocycles. The number of hydrogen-bond donors (Lipinski definition) is 3. The number of carbonyl (C=O) groups excluding carboxylic acids is 1. The molecular weight excluding hydrogens is 268 g/mol. The minimum Gasteiger partial charge on any atom is -0.480 e. The zero-order chi connectivity index (χ0) is 15.6. The summed E-state index contributed by atoms with van der Waals surface area (Å²) in [4.78, 5) is 26.4. The Morgan fingerprint density at radius 2 is 2.00 bits per heavy atom. The molecule has 5 heteroatoms. The average molecular weight is 288 g/mol. The predicted molar refractivity (Wildman–Crippen MR) is 81.4 cm³/mol. The van der Waals surface area contributed by atoms with Crippen LogP contribution in [0.25, 0.3) is 10.9 Å². The molecule has 0 spiro atoms. The fraction of sp³-hybridized carbons (Fsp3) is 0.375. The Bertz CT molecular complexity index is 673. The summed E-state index contributed by atoms with van der Waals surface area (Å²) in [5.41, 5.74) is 2.35. The zero-order valence-corrected chi connectivity index (χ0v) is 12.4. The Labute approximate surface area is 123 Å². The number of aromatic nitrogens is 1. The second-order valence-corrected chi connectivity index (χ2v) is 5.77. The first-order valence-corrected chi connectivity index (χ1v) is 7.00. The van der Waals surface area contributed by atoms with Crippen molar-refractivity contribution in [3.63, 3.8) is 0 Å². The van der Waals surface area contributed by atoms with E-state index in [-0.39, 0.29) is 5.92 Å².